The van der Waals surface area contributed by atoms with E-state index in [-0.39, 0.29) is 10.6 Å². The van der Waals surface area contributed by atoms with Gasteiger partial charge in [-0.15, -0.1) is 0 Å². The maximum atomic E-state index is 13.5. The Morgan fingerprint density at radius 2 is 2.32 bits per heavy atom. The first-order valence-corrected chi connectivity index (χ1v) is 6.15. The second-order valence-corrected chi connectivity index (χ2v) is 4.59. The number of halogens is 2. The predicted molar refractivity (Wildman–Crippen MR) is 70.7 cm³/mol. The van der Waals surface area contributed by atoms with Gasteiger partial charge in [0, 0.05) is 24.8 Å². The van der Waals surface area contributed by atoms with Gasteiger partial charge < -0.3 is 5.32 Å². The number of hydrogen-bond acceptors (Lipinski definition) is 2. The lowest BCUT2D eigenvalue weighted by molar-refractivity contribution is 0.0950. The summed E-state index contributed by atoms with van der Waals surface area (Å²) >= 11 is 5.63. The van der Waals surface area contributed by atoms with Crippen LogP contribution < -0.4 is 5.32 Å². The van der Waals surface area contributed by atoms with Gasteiger partial charge in [-0.3, -0.25) is 9.48 Å². The monoisotopic (exact) mass is 281 g/mol. The molecule has 0 radical (unpaired) electrons. The molecule has 0 spiro atoms. The largest absolute Gasteiger partial charge is 0.352 e. The summed E-state index contributed by atoms with van der Waals surface area (Å²) in [5.74, 6) is -1.07. The van der Waals surface area contributed by atoms with Crippen molar-refractivity contribution < 1.29 is 9.18 Å². The minimum atomic E-state index is -0.619. The first kappa shape index (κ1) is 13.5. The highest BCUT2D eigenvalue weighted by molar-refractivity contribution is 6.30. The Balaban J connectivity index is 1.90. The molecule has 0 fully saturated rings. The number of benzene rings is 1. The number of nitrogens with one attached hydrogen (secondary N) is 1. The van der Waals surface area contributed by atoms with Crippen molar-refractivity contribution in [3.63, 3.8) is 0 Å². The third-order valence-corrected chi connectivity index (χ3v) is 2.87. The van der Waals surface area contributed by atoms with Crippen molar-refractivity contribution in [2.45, 2.75) is 6.42 Å². The lowest BCUT2D eigenvalue weighted by Crippen LogP contribution is -2.26. The van der Waals surface area contributed by atoms with E-state index >= 15 is 0 Å². The number of carbonyl (C=O) groups is 1. The normalized spacial score (nSPS) is 10.5. The van der Waals surface area contributed by atoms with Crippen LogP contribution in [0.5, 0.6) is 0 Å². The highest BCUT2D eigenvalue weighted by atomic mass is 35.5. The molecule has 0 aliphatic rings. The van der Waals surface area contributed by atoms with Crippen LogP contribution in [-0.4, -0.2) is 22.2 Å². The quantitative estimate of drug-likeness (QED) is 0.934. The van der Waals surface area contributed by atoms with Gasteiger partial charge in [-0.2, -0.15) is 5.10 Å². The third-order valence-electron chi connectivity index (χ3n) is 2.63. The summed E-state index contributed by atoms with van der Waals surface area (Å²) in [6.07, 6.45) is 4.25. The van der Waals surface area contributed by atoms with E-state index in [4.69, 9.17) is 11.6 Å². The molecule has 0 bridgehead atoms. The Labute approximate surface area is 115 Å². The van der Waals surface area contributed by atoms with Gasteiger partial charge in [0.05, 0.1) is 11.8 Å². The molecule has 0 atom stereocenters. The van der Waals surface area contributed by atoms with E-state index in [1.165, 1.54) is 12.1 Å². The highest BCUT2D eigenvalue weighted by Crippen LogP contribution is 2.14. The maximum Gasteiger partial charge on any atom is 0.254 e. The summed E-state index contributed by atoms with van der Waals surface area (Å²) in [5.41, 5.74) is 1.01. The van der Waals surface area contributed by atoms with Crippen molar-refractivity contribution >= 4 is 17.5 Å². The maximum absolute atomic E-state index is 13.5. The number of aryl methyl sites for hydroxylation is 1. The van der Waals surface area contributed by atoms with E-state index in [9.17, 15) is 9.18 Å². The number of amides is 1. The van der Waals surface area contributed by atoms with Crippen LogP contribution in [0.4, 0.5) is 4.39 Å². The van der Waals surface area contributed by atoms with E-state index in [0.717, 1.165) is 11.6 Å². The fraction of sp³-hybridized carbons (Fsp3) is 0.231. The van der Waals surface area contributed by atoms with Crippen molar-refractivity contribution in [3.8, 4) is 0 Å². The van der Waals surface area contributed by atoms with Gasteiger partial charge in [-0.1, -0.05) is 11.6 Å². The van der Waals surface area contributed by atoms with Crippen molar-refractivity contribution in [2.75, 3.05) is 6.54 Å². The first-order chi connectivity index (χ1) is 9.06. The zero-order valence-electron chi connectivity index (χ0n) is 10.4. The molecule has 0 saturated heterocycles. The van der Waals surface area contributed by atoms with Gasteiger partial charge >= 0.3 is 0 Å². The molecule has 6 heteroatoms. The van der Waals surface area contributed by atoms with Gasteiger partial charge in [0.2, 0.25) is 0 Å². The Kier molecular flexibility index (Phi) is 4.16. The van der Waals surface area contributed by atoms with Gasteiger partial charge in [0.25, 0.3) is 5.91 Å². The SMILES string of the molecule is Cn1cc(CCNC(=O)c2ccc(Cl)cc2F)cn1. The van der Waals surface area contributed by atoms with Crippen LogP contribution in [0.15, 0.2) is 30.6 Å². The van der Waals surface area contributed by atoms with Gasteiger partial charge in [0.1, 0.15) is 5.82 Å². The molecule has 0 aliphatic carbocycles. The number of nitrogens with zero attached hydrogens (tertiary/aromatic N) is 2. The molecule has 4 nitrogen and oxygen atoms in total. The van der Waals surface area contributed by atoms with Crippen LogP contribution in [0.1, 0.15) is 15.9 Å². The van der Waals surface area contributed by atoms with Gasteiger partial charge in [-0.05, 0) is 30.2 Å². The smallest absolute Gasteiger partial charge is 0.254 e. The lowest BCUT2D eigenvalue weighted by atomic mass is 10.2. The number of aromatic nitrogens is 2. The number of hydrogen-bond donors (Lipinski definition) is 1. The van der Waals surface area contributed by atoms with Crippen molar-refractivity contribution in [3.05, 3.63) is 52.6 Å². The van der Waals surface area contributed by atoms with Crippen LogP contribution in [0.25, 0.3) is 0 Å². The summed E-state index contributed by atoms with van der Waals surface area (Å²) in [6.45, 7) is 0.423. The number of rotatable bonds is 4. The van der Waals surface area contributed by atoms with Crippen molar-refractivity contribution in [1.82, 2.24) is 15.1 Å². The molecule has 1 aromatic heterocycles. The van der Waals surface area contributed by atoms with Crippen molar-refractivity contribution in [1.29, 1.82) is 0 Å². The summed E-state index contributed by atoms with van der Waals surface area (Å²) in [5, 5.41) is 6.95. The molecular formula is C13H13ClFN3O. The standard InChI is InChI=1S/C13H13ClFN3O/c1-18-8-9(7-17-18)4-5-16-13(19)11-3-2-10(14)6-12(11)15/h2-3,6-8H,4-5H2,1H3,(H,16,19). The summed E-state index contributed by atoms with van der Waals surface area (Å²) in [7, 11) is 1.82. The minimum Gasteiger partial charge on any atom is -0.352 e. The van der Waals surface area contributed by atoms with Crippen LogP contribution in [-0.2, 0) is 13.5 Å². The van der Waals surface area contributed by atoms with E-state index in [1.54, 1.807) is 10.9 Å². The molecule has 2 rings (SSSR count). The average Bonchev–Trinajstić information content (AvgIpc) is 2.75. The first-order valence-electron chi connectivity index (χ1n) is 5.77. The third kappa shape index (κ3) is 3.54. The molecule has 0 aliphatic heterocycles. The Bertz CT molecular complexity index is 597. The van der Waals surface area contributed by atoms with Gasteiger partial charge in [-0.25, -0.2) is 4.39 Å². The van der Waals surface area contributed by atoms with Crippen LogP contribution in [0.3, 0.4) is 0 Å². The average molecular weight is 282 g/mol. The van der Waals surface area contributed by atoms with Crippen LogP contribution in [0.2, 0.25) is 5.02 Å². The number of carbonyl (C=O) groups excluding carboxylic acids is 1. The molecule has 2 aromatic rings. The molecule has 1 aromatic carbocycles. The fourth-order valence-electron chi connectivity index (χ4n) is 1.69. The zero-order chi connectivity index (χ0) is 13.8. The topological polar surface area (TPSA) is 46.9 Å². The van der Waals surface area contributed by atoms with Crippen molar-refractivity contribution in [2.24, 2.45) is 7.05 Å². The van der Waals surface area contributed by atoms with E-state index in [1.807, 2.05) is 13.2 Å². The molecule has 0 saturated carbocycles. The Morgan fingerprint density at radius 3 is 2.95 bits per heavy atom. The molecule has 1 heterocycles. The molecule has 100 valence electrons. The molecule has 1 amide bonds. The summed E-state index contributed by atoms with van der Waals surface area (Å²) in [6, 6.07) is 3.98. The predicted octanol–water partition coefficient (Wildman–Crippen LogP) is 2.19. The van der Waals surface area contributed by atoms with E-state index in [2.05, 4.69) is 10.4 Å². The Hall–Kier alpha value is -1.88. The highest BCUT2D eigenvalue weighted by Gasteiger charge is 2.11. The molecular weight excluding hydrogens is 269 g/mol. The fourth-order valence-corrected chi connectivity index (χ4v) is 1.85. The minimum absolute atomic E-state index is 0.00409. The lowest BCUT2D eigenvalue weighted by Gasteiger charge is -2.05. The summed E-state index contributed by atoms with van der Waals surface area (Å²) < 4.78 is 15.2. The second kappa shape index (κ2) is 5.84. The van der Waals surface area contributed by atoms with E-state index < -0.39 is 11.7 Å². The van der Waals surface area contributed by atoms with E-state index in [0.29, 0.717) is 13.0 Å². The van der Waals surface area contributed by atoms with Crippen LogP contribution in [0, 0.1) is 5.82 Å². The van der Waals surface area contributed by atoms with Crippen LogP contribution >= 0.6 is 11.6 Å². The molecule has 19 heavy (non-hydrogen) atoms. The molecule has 0 unspecified atom stereocenters. The summed E-state index contributed by atoms with van der Waals surface area (Å²) in [4.78, 5) is 11.8. The molecule has 1 N–H and O–H groups in total. The van der Waals surface area contributed by atoms with Gasteiger partial charge in [0.15, 0.2) is 0 Å². The Morgan fingerprint density at radius 1 is 1.53 bits per heavy atom. The zero-order valence-corrected chi connectivity index (χ0v) is 11.1. The second-order valence-electron chi connectivity index (χ2n) is 4.15.